The third-order valence-electron chi connectivity index (χ3n) is 2.95. The number of amides is 1. The molecule has 0 aliphatic rings. The molecule has 0 bridgehead atoms. The normalized spacial score (nSPS) is 11.1. The molecule has 2 aromatic carbocycles. The first-order valence-corrected chi connectivity index (χ1v) is 7.06. The summed E-state index contributed by atoms with van der Waals surface area (Å²) in [5, 5.41) is 12.8. The van der Waals surface area contributed by atoms with Gasteiger partial charge in [0.05, 0.1) is 15.5 Å². The molecule has 2 aromatic rings. The van der Waals surface area contributed by atoms with E-state index >= 15 is 0 Å². The van der Waals surface area contributed by atoms with E-state index in [9.17, 15) is 28.1 Å². The van der Waals surface area contributed by atoms with E-state index in [2.05, 4.69) is 5.32 Å². The van der Waals surface area contributed by atoms with E-state index < -0.39 is 33.1 Å². The number of carbonyl (C=O) groups is 1. The Hall–Kier alpha value is -2.81. The summed E-state index contributed by atoms with van der Waals surface area (Å²) in [7, 11) is 0. The van der Waals surface area contributed by atoms with Crippen molar-refractivity contribution in [2.75, 3.05) is 5.32 Å². The topological polar surface area (TPSA) is 81.5 Å². The predicted octanol–water partition coefficient (Wildman–Crippen LogP) is 5.02. The van der Waals surface area contributed by atoms with Crippen molar-refractivity contribution in [1.29, 1.82) is 0 Å². The highest BCUT2D eigenvalue weighted by Crippen LogP contribution is 2.42. The summed E-state index contributed by atoms with van der Waals surface area (Å²) in [6, 6.07) is 6.78. The molecule has 1 N–H and O–H groups in total. The molecule has 132 valence electrons. The molecule has 1 amide bonds. The molecule has 10 heteroatoms. The van der Waals surface area contributed by atoms with Crippen LogP contribution in [0.3, 0.4) is 0 Å². The fourth-order valence-corrected chi connectivity index (χ4v) is 2.18. The molecule has 0 saturated heterocycles. The summed E-state index contributed by atoms with van der Waals surface area (Å²) in [5.41, 5.74) is -1.74. The van der Waals surface area contributed by atoms with Crippen LogP contribution in [0.1, 0.15) is 12.5 Å². The van der Waals surface area contributed by atoms with Gasteiger partial charge < -0.3 is 10.1 Å². The van der Waals surface area contributed by atoms with Crippen LogP contribution in [0.25, 0.3) is 0 Å². The highest BCUT2D eigenvalue weighted by Gasteiger charge is 2.36. The molecule has 0 aromatic heterocycles. The number of hydrogen-bond acceptors (Lipinski definition) is 4. The SMILES string of the molecule is CC(=O)Nc1ccc(Oc2cc(Cl)c(C(F)(F)F)cc2[N+](=O)[O-])cc1. The van der Waals surface area contributed by atoms with Crippen LogP contribution in [0, 0.1) is 10.1 Å². The lowest BCUT2D eigenvalue weighted by atomic mass is 10.1. The first-order valence-electron chi connectivity index (χ1n) is 6.68. The summed E-state index contributed by atoms with van der Waals surface area (Å²) in [5.74, 6) is -0.609. The zero-order valence-electron chi connectivity index (χ0n) is 12.6. The van der Waals surface area contributed by atoms with Crippen molar-refractivity contribution >= 4 is 28.9 Å². The Balaban J connectivity index is 2.37. The molecule has 0 aliphatic carbocycles. The maximum absolute atomic E-state index is 12.8. The third-order valence-corrected chi connectivity index (χ3v) is 3.27. The second-order valence-electron chi connectivity index (χ2n) is 4.86. The maximum Gasteiger partial charge on any atom is 0.418 e. The smallest absolute Gasteiger partial charge is 0.418 e. The Morgan fingerprint density at radius 3 is 2.32 bits per heavy atom. The zero-order valence-corrected chi connectivity index (χ0v) is 13.3. The van der Waals surface area contributed by atoms with Gasteiger partial charge in [0.1, 0.15) is 5.75 Å². The molecule has 2 rings (SSSR count). The van der Waals surface area contributed by atoms with Gasteiger partial charge in [-0.1, -0.05) is 11.6 Å². The number of nitro benzene ring substituents is 1. The van der Waals surface area contributed by atoms with Gasteiger partial charge in [-0.05, 0) is 24.3 Å². The molecule has 0 unspecified atom stereocenters. The van der Waals surface area contributed by atoms with Crippen molar-refractivity contribution < 1.29 is 27.6 Å². The number of nitro groups is 1. The molecule has 0 saturated carbocycles. The van der Waals surface area contributed by atoms with Crippen molar-refractivity contribution in [3.63, 3.8) is 0 Å². The van der Waals surface area contributed by atoms with Crippen LogP contribution in [0.5, 0.6) is 11.5 Å². The number of nitrogens with one attached hydrogen (secondary N) is 1. The molecule has 6 nitrogen and oxygen atoms in total. The second-order valence-corrected chi connectivity index (χ2v) is 5.27. The quantitative estimate of drug-likeness (QED) is 0.602. The van der Waals surface area contributed by atoms with Crippen LogP contribution in [0.4, 0.5) is 24.5 Å². The van der Waals surface area contributed by atoms with Crippen molar-refractivity contribution in [1.82, 2.24) is 0 Å². The minimum absolute atomic E-state index is 0.119. The number of rotatable bonds is 4. The molecular weight excluding hydrogens is 365 g/mol. The largest absolute Gasteiger partial charge is 0.450 e. The van der Waals surface area contributed by atoms with Crippen LogP contribution >= 0.6 is 11.6 Å². The van der Waals surface area contributed by atoms with Gasteiger partial charge >= 0.3 is 11.9 Å². The van der Waals surface area contributed by atoms with Crippen LogP contribution < -0.4 is 10.1 Å². The fourth-order valence-electron chi connectivity index (χ4n) is 1.92. The van der Waals surface area contributed by atoms with Crippen molar-refractivity contribution in [2.24, 2.45) is 0 Å². The first-order chi connectivity index (χ1) is 11.6. The lowest BCUT2D eigenvalue weighted by Crippen LogP contribution is -2.07. The van der Waals surface area contributed by atoms with Gasteiger partial charge in [-0.15, -0.1) is 0 Å². The van der Waals surface area contributed by atoms with Gasteiger partial charge in [0.15, 0.2) is 0 Å². The van der Waals surface area contributed by atoms with Gasteiger partial charge in [-0.3, -0.25) is 14.9 Å². The van der Waals surface area contributed by atoms with E-state index in [1.807, 2.05) is 0 Å². The Labute approximate surface area is 144 Å². The number of benzene rings is 2. The highest BCUT2D eigenvalue weighted by molar-refractivity contribution is 6.31. The number of nitrogens with zero attached hydrogens (tertiary/aromatic N) is 1. The Bertz CT molecular complexity index is 823. The Kier molecular flexibility index (Phi) is 5.17. The van der Waals surface area contributed by atoms with Crippen molar-refractivity contribution in [2.45, 2.75) is 13.1 Å². The maximum atomic E-state index is 12.8. The van der Waals surface area contributed by atoms with Gasteiger partial charge in [0.25, 0.3) is 0 Å². The molecule has 0 fully saturated rings. The van der Waals surface area contributed by atoms with Crippen LogP contribution in [-0.4, -0.2) is 10.8 Å². The van der Waals surface area contributed by atoms with E-state index in [0.29, 0.717) is 11.8 Å². The number of hydrogen-bond donors (Lipinski definition) is 1. The monoisotopic (exact) mass is 374 g/mol. The third kappa shape index (κ3) is 4.60. The van der Waals surface area contributed by atoms with Gasteiger partial charge in [0.2, 0.25) is 11.7 Å². The summed E-state index contributed by atoms with van der Waals surface area (Å²) >= 11 is 5.57. The second kappa shape index (κ2) is 6.98. The van der Waals surface area contributed by atoms with E-state index in [1.165, 1.54) is 31.2 Å². The summed E-state index contributed by atoms with van der Waals surface area (Å²) in [6.07, 6.45) is -4.83. The molecule has 25 heavy (non-hydrogen) atoms. The van der Waals surface area contributed by atoms with E-state index in [1.54, 1.807) is 0 Å². The molecule has 0 atom stereocenters. The average molecular weight is 375 g/mol. The van der Waals surface area contributed by atoms with E-state index in [0.717, 1.165) is 6.07 Å². The lowest BCUT2D eigenvalue weighted by Gasteiger charge is -2.12. The summed E-state index contributed by atoms with van der Waals surface area (Å²) < 4.78 is 43.7. The van der Waals surface area contributed by atoms with Crippen molar-refractivity contribution in [3.05, 3.63) is 57.1 Å². The summed E-state index contributed by atoms with van der Waals surface area (Å²) in [6.45, 7) is 1.32. The first kappa shape index (κ1) is 18.5. The van der Waals surface area contributed by atoms with Crippen LogP contribution in [0.2, 0.25) is 5.02 Å². The molecule has 0 spiro atoms. The van der Waals surface area contributed by atoms with Gasteiger partial charge in [-0.2, -0.15) is 13.2 Å². The summed E-state index contributed by atoms with van der Waals surface area (Å²) in [4.78, 5) is 21.0. The molecule has 0 aliphatic heterocycles. The van der Waals surface area contributed by atoms with Crippen LogP contribution in [0.15, 0.2) is 36.4 Å². The molecule has 0 radical (unpaired) electrons. The minimum Gasteiger partial charge on any atom is -0.450 e. The number of anilines is 1. The highest BCUT2D eigenvalue weighted by atomic mass is 35.5. The molecule has 0 heterocycles. The number of carbonyl (C=O) groups excluding carboxylic acids is 1. The Morgan fingerprint density at radius 1 is 1.24 bits per heavy atom. The zero-order chi connectivity index (χ0) is 18.8. The standard InChI is InChI=1S/C15H10ClF3N2O4/c1-8(22)20-9-2-4-10(5-3-9)25-14-7-12(16)11(15(17,18)19)6-13(14)21(23)24/h2-7H,1H3,(H,20,22). The number of ether oxygens (including phenoxy) is 1. The van der Waals surface area contributed by atoms with E-state index in [-0.39, 0.29) is 11.7 Å². The average Bonchev–Trinajstić information content (AvgIpc) is 2.47. The fraction of sp³-hybridized carbons (Fsp3) is 0.133. The lowest BCUT2D eigenvalue weighted by molar-refractivity contribution is -0.385. The minimum atomic E-state index is -4.83. The van der Waals surface area contributed by atoms with Crippen molar-refractivity contribution in [3.8, 4) is 11.5 Å². The molecular formula is C15H10ClF3N2O4. The van der Waals surface area contributed by atoms with Crippen LogP contribution in [-0.2, 0) is 11.0 Å². The van der Waals surface area contributed by atoms with Gasteiger partial charge in [0, 0.05) is 24.7 Å². The van der Waals surface area contributed by atoms with Gasteiger partial charge in [-0.25, -0.2) is 0 Å². The number of alkyl halides is 3. The Morgan fingerprint density at radius 2 is 1.84 bits per heavy atom. The van der Waals surface area contributed by atoms with E-state index in [4.69, 9.17) is 16.3 Å². The predicted molar refractivity (Wildman–Crippen MR) is 83.9 cm³/mol. The number of halogens is 4.